The van der Waals surface area contributed by atoms with E-state index in [1.54, 1.807) is 12.1 Å². The maximum Gasteiger partial charge on any atom is 0.254 e. The average Bonchev–Trinajstić information content (AvgIpc) is 2.55. The number of nitrogen functional groups attached to an aromatic ring is 1. The van der Waals surface area contributed by atoms with Crippen LogP contribution < -0.4 is 5.73 Å². The van der Waals surface area contributed by atoms with Crippen molar-refractivity contribution in [1.29, 1.82) is 0 Å². The summed E-state index contributed by atoms with van der Waals surface area (Å²) < 4.78 is 0. The molecule has 0 saturated carbocycles. The van der Waals surface area contributed by atoms with E-state index in [2.05, 4.69) is 12.1 Å². The summed E-state index contributed by atoms with van der Waals surface area (Å²) in [7, 11) is 0. The highest BCUT2D eigenvalue weighted by molar-refractivity contribution is 7.99. The van der Waals surface area contributed by atoms with Crippen molar-refractivity contribution < 1.29 is 4.79 Å². The van der Waals surface area contributed by atoms with Crippen LogP contribution in [0.3, 0.4) is 0 Å². The third-order valence-electron chi connectivity index (χ3n) is 3.71. The summed E-state index contributed by atoms with van der Waals surface area (Å²) in [5, 5.41) is 0. The van der Waals surface area contributed by atoms with Crippen LogP contribution in [0.15, 0.2) is 54.6 Å². The molecule has 1 saturated heterocycles. The Hall–Kier alpha value is -1.94. The number of carbonyl (C=O) groups is 1. The molecule has 2 aromatic carbocycles. The first-order chi connectivity index (χ1) is 10.3. The molecule has 1 heterocycles. The topological polar surface area (TPSA) is 46.3 Å². The standard InChI is InChI=1S/C17H18N2OS/c18-15-8-4-7-14(11-15)17(20)19-9-10-21-12-16(19)13-5-2-1-3-6-13/h1-8,11,16H,9-10,12,18H2/t16-/m1/s1. The molecule has 4 heteroatoms. The van der Waals surface area contributed by atoms with Gasteiger partial charge in [-0.15, -0.1) is 0 Å². The van der Waals surface area contributed by atoms with Gasteiger partial charge in [-0.2, -0.15) is 11.8 Å². The summed E-state index contributed by atoms with van der Waals surface area (Å²) in [6.07, 6.45) is 0. The molecule has 0 radical (unpaired) electrons. The number of carbonyl (C=O) groups excluding carboxylic acids is 1. The Morgan fingerprint density at radius 3 is 2.71 bits per heavy atom. The van der Waals surface area contributed by atoms with Gasteiger partial charge in [0, 0.05) is 29.3 Å². The van der Waals surface area contributed by atoms with Gasteiger partial charge in [0.2, 0.25) is 0 Å². The Morgan fingerprint density at radius 1 is 1.14 bits per heavy atom. The number of hydrogen-bond acceptors (Lipinski definition) is 3. The van der Waals surface area contributed by atoms with E-state index in [1.165, 1.54) is 5.56 Å². The Morgan fingerprint density at radius 2 is 1.95 bits per heavy atom. The summed E-state index contributed by atoms with van der Waals surface area (Å²) >= 11 is 1.90. The zero-order chi connectivity index (χ0) is 14.7. The Balaban J connectivity index is 1.89. The number of anilines is 1. The quantitative estimate of drug-likeness (QED) is 0.866. The van der Waals surface area contributed by atoms with Crippen molar-refractivity contribution in [3.05, 3.63) is 65.7 Å². The monoisotopic (exact) mass is 298 g/mol. The van der Waals surface area contributed by atoms with E-state index in [0.717, 1.165) is 18.1 Å². The molecule has 3 rings (SSSR count). The average molecular weight is 298 g/mol. The fraction of sp³-hybridized carbons (Fsp3) is 0.235. The van der Waals surface area contributed by atoms with Crippen LogP contribution in [-0.4, -0.2) is 28.9 Å². The number of rotatable bonds is 2. The molecule has 21 heavy (non-hydrogen) atoms. The second-order valence-corrected chi connectivity index (χ2v) is 6.28. The van der Waals surface area contributed by atoms with E-state index in [4.69, 9.17) is 5.73 Å². The normalized spacial score (nSPS) is 18.5. The minimum atomic E-state index is 0.0662. The molecule has 0 bridgehead atoms. The summed E-state index contributed by atoms with van der Waals surface area (Å²) in [4.78, 5) is 14.8. The minimum absolute atomic E-state index is 0.0662. The van der Waals surface area contributed by atoms with Crippen molar-refractivity contribution in [2.24, 2.45) is 0 Å². The number of amides is 1. The largest absolute Gasteiger partial charge is 0.399 e. The highest BCUT2D eigenvalue weighted by Crippen LogP contribution is 2.30. The molecule has 0 spiro atoms. The SMILES string of the molecule is Nc1cccc(C(=O)N2CCSC[C@@H]2c2ccccc2)c1. The van der Waals surface area contributed by atoms with Crippen LogP contribution in [0.5, 0.6) is 0 Å². The fourth-order valence-corrected chi connectivity index (χ4v) is 3.72. The molecule has 1 aliphatic heterocycles. The lowest BCUT2D eigenvalue weighted by Crippen LogP contribution is -2.40. The van der Waals surface area contributed by atoms with E-state index < -0.39 is 0 Å². The molecule has 0 aromatic heterocycles. The summed E-state index contributed by atoms with van der Waals surface area (Å²) in [5.74, 6) is 1.99. The van der Waals surface area contributed by atoms with Crippen LogP contribution in [0.4, 0.5) is 5.69 Å². The first-order valence-electron chi connectivity index (χ1n) is 7.05. The smallest absolute Gasteiger partial charge is 0.254 e. The number of nitrogens with zero attached hydrogens (tertiary/aromatic N) is 1. The van der Waals surface area contributed by atoms with Gasteiger partial charge in [-0.25, -0.2) is 0 Å². The number of benzene rings is 2. The molecule has 1 amide bonds. The van der Waals surface area contributed by atoms with Crippen molar-refractivity contribution >= 4 is 23.4 Å². The third-order valence-corrected chi connectivity index (χ3v) is 4.73. The summed E-state index contributed by atoms with van der Waals surface area (Å²) in [6, 6.07) is 17.6. The molecule has 2 N–H and O–H groups in total. The summed E-state index contributed by atoms with van der Waals surface area (Å²) in [5.41, 5.74) is 8.29. The van der Waals surface area contributed by atoms with Gasteiger partial charge in [-0.05, 0) is 23.8 Å². The molecule has 2 aromatic rings. The van der Waals surface area contributed by atoms with E-state index in [9.17, 15) is 4.79 Å². The second-order valence-electron chi connectivity index (χ2n) is 5.13. The Labute approximate surface area is 129 Å². The first-order valence-corrected chi connectivity index (χ1v) is 8.20. The van der Waals surface area contributed by atoms with Crippen molar-refractivity contribution in [2.75, 3.05) is 23.8 Å². The maximum absolute atomic E-state index is 12.8. The lowest BCUT2D eigenvalue weighted by Gasteiger charge is -2.36. The van der Waals surface area contributed by atoms with Gasteiger partial charge in [0.25, 0.3) is 5.91 Å². The van der Waals surface area contributed by atoms with Gasteiger partial charge in [0.1, 0.15) is 0 Å². The molecule has 0 unspecified atom stereocenters. The van der Waals surface area contributed by atoms with Crippen LogP contribution in [0.1, 0.15) is 22.0 Å². The molecule has 0 aliphatic carbocycles. The lowest BCUT2D eigenvalue weighted by atomic mass is 10.0. The molecule has 1 atom stereocenters. The van der Waals surface area contributed by atoms with Gasteiger partial charge in [-0.1, -0.05) is 36.4 Å². The zero-order valence-corrected chi connectivity index (χ0v) is 12.6. The lowest BCUT2D eigenvalue weighted by molar-refractivity contribution is 0.0701. The molecule has 1 aliphatic rings. The molecular weight excluding hydrogens is 280 g/mol. The van der Waals surface area contributed by atoms with Gasteiger partial charge < -0.3 is 10.6 Å². The van der Waals surface area contributed by atoms with Crippen molar-refractivity contribution in [3.63, 3.8) is 0 Å². The molecular formula is C17H18N2OS. The van der Waals surface area contributed by atoms with Crippen LogP contribution in [-0.2, 0) is 0 Å². The molecule has 3 nitrogen and oxygen atoms in total. The third kappa shape index (κ3) is 3.05. The fourth-order valence-electron chi connectivity index (χ4n) is 2.64. The molecule has 1 fully saturated rings. The number of hydrogen-bond donors (Lipinski definition) is 1. The highest BCUT2D eigenvalue weighted by atomic mass is 32.2. The first kappa shape index (κ1) is 14.0. The molecule has 108 valence electrons. The Kier molecular flexibility index (Phi) is 4.15. The van der Waals surface area contributed by atoms with Crippen molar-refractivity contribution in [3.8, 4) is 0 Å². The van der Waals surface area contributed by atoms with Gasteiger partial charge in [0.15, 0.2) is 0 Å². The Bertz CT molecular complexity index is 630. The number of thioether (sulfide) groups is 1. The van der Waals surface area contributed by atoms with Crippen LogP contribution >= 0.6 is 11.8 Å². The van der Waals surface area contributed by atoms with Crippen molar-refractivity contribution in [1.82, 2.24) is 4.90 Å². The van der Waals surface area contributed by atoms with E-state index in [1.807, 2.05) is 47.0 Å². The predicted octanol–water partition coefficient (Wildman–Crippen LogP) is 3.20. The van der Waals surface area contributed by atoms with Gasteiger partial charge in [-0.3, -0.25) is 4.79 Å². The van der Waals surface area contributed by atoms with Crippen LogP contribution in [0, 0.1) is 0 Å². The van der Waals surface area contributed by atoms with Crippen LogP contribution in [0.25, 0.3) is 0 Å². The van der Waals surface area contributed by atoms with Gasteiger partial charge in [0.05, 0.1) is 6.04 Å². The zero-order valence-electron chi connectivity index (χ0n) is 11.7. The second kappa shape index (κ2) is 6.22. The maximum atomic E-state index is 12.8. The van der Waals surface area contributed by atoms with E-state index in [-0.39, 0.29) is 11.9 Å². The van der Waals surface area contributed by atoms with E-state index >= 15 is 0 Å². The van der Waals surface area contributed by atoms with Crippen molar-refractivity contribution in [2.45, 2.75) is 6.04 Å². The predicted molar refractivity (Wildman–Crippen MR) is 88.4 cm³/mol. The highest BCUT2D eigenvalue weighted by Gasteiger charge is 2.28. The van der Waals surface area contributed by atoms with Crippen LogP contribution in [0.2, 0.25) is 0 Å². The number of nitrogens with two attached hydrogens (primary N) is 1. The summed E-state index contributed by atoms with van der Waals surface area (Å²) in [6.45, 7) is 0.776. The van der Waals surface area contributed by atoms with Gasteiger partial charge >= 0.3 is 0 Å². The minimum Gasteiger partial charge on any atom is -0.399 e. The van der Waals surface area contributed by atoms with E-state index in [0.29, 0.717) is 11.3 Å².